The molecule has 8 heteroatoms. The molecule has 0 fully saturated rings. The highest BCUT2D eigenvalue weighted by Crippen LogP contribution is 2.37. The van der Waals surface area contributed by atoms with Gasteiger partial charge < -0.3 is 9.47 Å². The van der Waals surface area contributed by atoms with Gasteiger partial charge in [0.2, 0.25) is 0 Å². The standard InChI is InChI=1S/C20H20Cl2N2O4/c1-12(2)28-19-16(22)9-13(10-17(19)27-3)7-8-18(25)23-24-20(26)14-5-4-6-15(21)11-14/h4-12H,1-3H3,(H,23,25)(H,24,26)/b8-7+. The Balaban J connectivity index is 2.01. The first-order chi connectivity index (χ1) is 13.3. The van der Waals surface area contributed by atoms with E-state index in [1.54, 1.807) is 30.3 Å². The van der Waals surface area contributed by atoms with Crippen molar-refractivity contribution in [3.63, 3.8) is 0 Å². The molecule has 2 amide bonds. The Labute approximate surface area is 173 Å². The van der Waals surface area contributed by atoms with E-state index in [4.69, 9.17) is 32.7 Å². The average molecular weight is 423 g/mol. The third-order valence-electron chi connectivity index (χ3n) is 3.42. The van der Waals surface area contributed by atoms with Crippen LogP contribution < -0.4 is 20.3 Å². The van der Waals surface area contributed by atoms with Gasteiger partial charge >= 0.3 is 0 Å². The van der Waals surface area contributed by atoms with Crippen LogP contribution in [0.5, 0.6) is 11.5 Å². The van der Waals surface area contributed by atoms with Crippen LogP contribution >= 0.6 is 23.2 Å². The molecule has 28 heavy (non-hydrogen) atoms. The minimum Gasteiger partial charge on any atom is -0.493 e. The normalized spacial score (nSPS) is 10.8. The third-order valence-corrected chi connectivity index (χ3v) is 3.93. The number of carbonyl (C=O) groups excluding carboxylic acids is 2. The van der Waals surface area contributed by atoms with Crippen LogP contribution in [0.1, 0.15) is 29.8 Å². The maximum atomic E-state index is 12.0. The highest BCUT2D eigenvalue weighted by Gasteiger charge is 2.13. The molecule has 0 atom stereocenters. The highest BCUT2D eigenvalue weighted by molar-refractivity contribution is 6.32. The number of ether oxygens (including phenoxy) is 2. The fourth-order valence-electron chi connectivity index (χ4n) is 2.22. The van der Waals surface area contributed by atoms with E-state index < -0.39 is 11.8 Å². The Morgan fingerprint density at radius 3 is 2.50 bits per heavy atom. The monoisotopic (exact) mass is 422 g/mol. The number of carbonyl (C=O) groups is 2. The second-order valence-corrected chi connectivity index (χ2v) is 6.83. The zero-order valence-corrected chi connectivity index (χ0v) is 17.1. The van der Waals surface area contributed by atoms with E-state index in [0.717, 1.165) is 0 Å². The summed E-state index contributed by atoms with van der Waals surface area (Å²) in [7, 11) is 1.50. The molecule has 0 aliphatic carbocycles. The fraction of sp³-hybridized carbons (Fsp3) is 0.200. The molecule has 0 saturated heterocycles. The molecule has 0 spiro atoms. The summed E-state index contributed by atoms with van der Waals surface area (Å²) >= 11 is 12.1. The van der Waals surface area contributed by atoms with Crippen molar-refractivity contribution in [2.45, 2.75) is 20.0 Å². The van der Waals surface area contributed by atoms with Crippen molar-refractivity contribution >= 4 is 41.1 Å². The summed E-state index contributed by atoms with van der Waals surface area (Å²) in [6, 6.07) is 9.71. The zero-order chi connectivity index (χ0) is 20.7. The number of hydrazine groups is 1. The number of hydrogen-bond donors (Lipinski definition) is 2. The Kier molecular flexibility index (Phi) is 7.72. The Hall–Kier alpha value is -2.70. The number of nitrogens with one attached hydrogen (secondary N) is 2. The molecule has 2 aromatic rings. The van der Waals surface area contributed by atoms with Crippen LogP contribution in [0, 0.1) is 0 Å². The van der Waals surface area contributed by atoms with Crippen molar-refractivity contribution in [2.75, 3.05) is 7.11 Å². The van der Waals surface area contributed by atoms with Gasteiger partial charge in [-0.25, -0.2) is 0 Å². The average Bonchev–Trinajstić information content (AvgIpc) is 2.65. The predicted octanol–water partition coefficient (Wildman–Crippen LogP) is 4.26. The molecular formula is C20H20Cl2N2O4. The number of hydrogen-bond acceptors (Lipinski definition) is 4. The summed E-state index contributed by atoms with van der Waals surface area (Å²) in [5.74, 6) is -0.109. The zero-order valence-electron chi connectivity index (χ0n) is 15.6. The van der Waals surface area contributed by atoms with Gasteiger partial charge in [-0.3, -0.25) is 20.4 Å². The SMILES string of the molecule is COc1cc(/C=C/C(=O)NNC(=O)c2cccc(Cl)c2)cc(Cl)c1OC(C)C. The van der Waals surface area contributed by atoms with Gasteiger partial charge in [-0.05, 0) is 55.8 Å². The van der Waals surface area contributed by atoms with E-state index in [0.29, 0.717) is 32.7 Å². The summed E-state index contributed by atoms with van der Waals surface area (Å²) < 4.78 is 10.9. The van der Waals surface area contributed by atoms with E-state index in [9.17, 15) is 9.59 Å². The minimum absolute atomic E-state index is 0.0679. The molecule has 0 radical (unpaired) electrons. The van der Waals surface area contributed by atoms with Crippen LogP contribution in [-0.2, 0) is 4.79 Å². The first-order valence-electron chi connectivity index (χ1n) is 8.38. The minimum atomic E-state index is -0.520. The quantitative estimate of drug-likeness (QED) is 0.538. The first kappa shape index (κ1) is 21.6. The Bertz CT molecular complexity index is 898. The molecule has 0 bridgehead atoms. The van der Waals surface area contributed by atoms with E-state index in [2.05, 4.69) is 10.9 Å². The summed E-state index contributed by atoms with van der Waals surface area (Å²) in [5, 5.41) is 0.789. The van der Waals surface area contributed by atoms with E-state index in [-0.39, 0.29) is 6.10 Å². The van der Waals surface area contributed by atoms with Crippen LogP contribution in [0.2, 0.25) is 10.0 Å². The van der Waals surface area contributed by atoms with Gasteiger partial charge in [-0.2, -0.15) is 0 Å². The number of halogens is 2. The molecular weight excluding hydrogens is 403 g/mol. The van der Waals surface area contributed by atoms with Crippen LogP contribution in [0.25, 0.3) is 6.08 Å². The first-order valence-corrected chi connectivity index (χ1v) is 9.14. The van der Waals surface area contributed by atoms with Crippen molar-refractivity contribution < 1.29 is 19.1 Å². The number of rotatable bonds is 6. The van der Waals surface area contributed by atoms with Crippen LogP contribution in [-0.4, -0.2) is 25.0 Å². The van der Waals surface area contributed by atoms with Crippen LogP contribution in [0.15, 0.2) is 42.5 Å². The van der Waals surface area contributed by atoms with Crippen molar-refractivity contribution in [1.29, 1.82) is 0 Å². The van der Waals surface area contributed by atoms with Crippen molar-refractivity contribution in [2.24, 2.45) is 0 Å². The van der Waals surface area contributed by atoms with Crippen molar-refractivity contribution in [3.05, 3.63) is 63.6 Å². The molecule has 0 heterocycles. The van der Waals surface area contributed by atoms with Crippen LogP contribution in [0.3, 0.4) is 0 Å². The molecule has 0 aliphatic rings. The molecule has 0 unspecified atom stereocenters. The molecule has 0 saturated carbocycles. The van der Waals surface area contributed by atoms with Crippen molar-refractivity contribution in [1.82, 2.24) is 10.9 Å². The van der Waals surface area contributed by atoms with Crippen molar-refractivity contribution in [3.8, 4) is 11.5 Å². The molecule has 2 rings (SSSR count). The molecule has 2 aromatic carbocycles. The summed E-state index contributed by atoms with van der Waals surface area (Å²) in [6.07, 6.45) is 2.72. The summed E-state index contributed by atoms with van der Waals surface area (Å²) in [5.41, 5.74) is 5.56. The molecule has 0 aromatic heterocycles. The van der Waals surface area contributed by atoms with Gasteiger partial charge in [0.05, 0.1) is 18.2 Å². The summed E-state index contributed by atoms with van der Waals surface area (Å²) in [6.45, 7) is 3.76. The lowest BCUT2D eigenvalue weighted by Gasteiger charge is -2.15. The molecule has 0 aliphatic heterocycles. The smallest absolute Gasteiger partial charge is 0.269 e. The third kappa shape index (κ3) is 6.18. The lowest BCUT2D eigenvalue weighted by Crippen LogP contribution is -2.40. The Morgan fingerprint density at radius 2 is 1.86 bits per heavy atom. The second-order valence-electron chi connectivity index (χ2n) is 5.99. The second kappa shape index (κ2) is 10.0. The van der Waals surface area contributed by atoms with Gasteiger partial charge in [0.1, 0.15) is 0 Å². The topological polar surface area (TPSA) is 76.7 Å². The molecule has 2 N–H and O–H groups in total. The lowest BCUT2D eigenvalue weighted by molar-refractivity contribution is -0.117. The Morgan fingerprint density at radius 1 is 1.11 bits per heavy atom. The largest absolute Gasteiger partial charge is 0.493 e. The van der Waals surface area contributed by atoms with Gasteiger partial charge in [0.15, 0.2) is 11.5 Å². The van der Waals surface area contributed by atoms with Gasteiger partial charge in [-0.15, -0.1) is 0 Å². The molecule has 148 valence electrons. The van der Waals surface area contributed by atoms with E-state index in [1.165, 1.54) is 25.3 Å². The van der Waals surface area contributed by atoms with E-state index >= 15 is 0 Å². The number of benzene rings is 2. The fourth-order valence-corrected chi connectivity index (χ4v) is 2.67. The highest BCUT2D eigenvalue weighted by atomic mass is 35.5. The molecule has 6 nitrogen and oxygen atoms in total. The van der Waals surface area contributed by atoms with Gasteiger partial charge in [-0.1, -0.05) is 29.3 Å². The maximum absolute atomic E-state index is 12.0. The number of amides is 2. The maximum Gasteiger partial charge on any atom is 0.269 e. The number of methoxy groups -OCH3 is 1. The van der Waals surface area contributed by atoms with Gasteiger partial charge in [0.25, 0.3) is 11.8 Å². The lowest BCUT2D eigenvalue weighted by atomic mass is 10.2. The predicted molar refractivity (Wildman–Crippen MR) is 110 cm³/mol. The van der Waals surface area contributed by atoms with Gasteiger partial charge in [0, 0.05) is 16.7 Å². The van der Waals surface area contributed by atoms with Crippen LogP contribution in [0.4, 0.5) is 0 Å². The summed E-state index contributed by atoms with van der Waals surface area (Å²) in [4.78, 5) is 23.9. The van der Waals surface area contributed by atoms with E-state index in [1.807, 2.05) is 13.8 Å².